The molecule has 1 nitrogen and oxygen atoms in total. The minimum atomic E-state index is 1.01. The summed E-state index contributed by atoms with van der Waals surface area (Å²) in [5, 5.41) is 0. The van der Waals surface area contributed by atoms with Gasteiger partial charge in [-0.3, -0.25) is 0 Å². The number of rotatable bonds is 3. The minimum absolute atomic E-state index is 1.01. The average molecular weight is 154 g/mol. The van der Waals surface area contributed by atoms with Crippen LogP contribution in [-0.2, 0) is 0 Å². The van der Waals surface area contributed by atoms with Crippen molar-refractivity contribution in [2.45, 2.75) is 38.5 Å². The molecule has 0 aromatic carbocycles. The van der Waals surface area contributed by atoms with Gasteiger partial charge < -0.3 is 4.90 Å². The Balaban J connectivity index is 2.05. The second-order valence-electron chi connectivity index (χ2n) is 3.87. The van der Waals surface area contributed by atoms with Crippen LogP contribution in [0.25, 0.3) is 0 Å². The summed E-state index contributed by atoms with van der Waals surface area (Å²) in [6, 6.07) is 0. The smallest absolute Gasteiger partial charge is 0.0106 e. The Bertz CT molecular complexity index is 93.0. The van der Waals surface area contributed by atoms with Crippen LogP contribution in [0.2, 0.25) is 0 Å². The lowest BCUT2D eigenvalue weighted by atomic mass is 9.87. The zero-order valence-electron chi connectivity index (χ0n) is 7.68. The van der Waals surface area contributed by atoms with Crippen LogP contribution in [0.4, 0.5) is 0 Å². The van der Waals surface area contributed by atoms with Gasteiger partial charge >= 0.3 is 0 Å². The molecule has 0 unspecified atom stereocenters. The summed E-state index contributed by atoms with van der Waals surface area (Å²) < 4.78 is 0. The van der Waals surface area contributed by atoms with E-state index in [-0.39, 0.29) is 0 Å². The first kappa shape index (κ1) is 9.05. The fourth-order valence-electron chi connectivity index (χ4n) is 1.88. The normalized spacial score (nSPS) is 21.0. The molecule has 0 saturated heterocycles. The van der Waals surface area contributed by atoms with Gasteiger partial charge in [-0.1, -0.05) is 32.1 Å². The highest BCUT2D eigenvalue weighted by molar-refractivity contribution is 4.66. The zero-order valence-corrected chi connectivity index (χ0v) is 7.68. The molecular formula is C10H20N. The predicted molar refractivity (Wildman–Crippen MR) is 49.2 cm³/mol. The molecule has 0 aliphatic heterocycles. The van der Waals surface area contributed by atoms with E-state index < -0.39 is 0 Å². The van der Waals surface area contributed by atoms with E-state index in [1.165, 1.54) is 45.1 Å². The van der Waals surface area contributed by atoms with Crippen LogP contribution >= 0.6 is 0 Å². The highest BCUT2D eigenvalue weighted by Gasteiger charge is 2.12. The summed E-state index contributed by atoms with van der Waals surface area (Å²) in [5.41, 5.74) is 0. The monoisotopic (exact) mass is 154 g/mol. The van der Waals surface area contributed by atoms with Crippen molar-refractivity contribution >= 4 is 0 Å². The second-order valence-corrected chi connectivity index (χ2v) is 3.87. The second kappa shape index (κ2) is 4.76. The molecule has 1 radical (unpaired) electrons. The Morgan fingerprint density at radius 3 is 2.45 bits per heavy atom. The zero-order chi connectivity index (χ0) is 8.10. The van der Waals surface area contributed by atoms with Gasteiger partial charge in [-0.25, -0.2) is 0 Å². The van der Waals surface area contributed by atoms with E-state index in [2.05, 4.69) is 19.0 Å². The molecule has 1 heteroatoms. The molecule has 1 saturated carbocycles. The highest BCUT2D eigenvalue weighted by atomic mass is 15.0. The third-order valence-electron chi connectivity index (χ3n) is 2.64. The fourth-order valence-corrected chi connectivity index (χ4v) is 1.88. The molecule has 0 N–H and O–H groups in total. The average Bonchev–Trinajstić information content (AvgIpc) is 2.03. The molecule has 0 heterocycles. The van der Waals surface area contributed by atoms with Gasteiger partial charge in [-0.05, 0) is 25.9 Å². The van der Waals surface area contributed by atoms with Crippen molar-refractivity contribution in [3.05, 3.63) is 7.05 Å². The topological polar surface area (TPSA) is 3.24 Å². The molecule has 1 aliphatic rings. The first-order valence-corrected chi connectivity index (χ1v) is 4.80. The van der Waals surface area contributed by atoms with Crippen molar-refractivity contribution in [2.75, 3.05) is 13.6 Å². The molecule has 0 bridgehead atoms. The number of nitrogens with zero attached hydrogens (tertiary/aromatic N) is 1. The van der Waals surface area contributed by atoms with Crippen molar-refractivity contribution in [1.82, 2.24) is 4.90 Å². The standard InChI is InChI=1S/C10H20N/c1-11(2)9-8-10-6-4-3-5-7-10/h10H,1,3-9H2,2H3. The molecule has 0 spiro atoms. The maximum Gasteiger partial charge on any atom is 0.0106 e. The first-order chi connectivity index (χ1) is 5.29. The van der Waals surface area contributed by atoms with Gasteiger partial charge in [0.2, 0.25) is 0 Å². The lowest BCUT2D eigenvalue weighted by molar-refractivity contribution is 0.301. The van der Waals surface area contributed by atoms with Gasteiger partial charge in [0, 0.05) is 7.05 Å². The van der Waals surface area contributed by atoms with Crippen molar-refractivity contribution in [3.63, 3.8) is 0 Å². The fraction of sp³-hybridized carbons (Fsp3) is 0.900. The Hall–Kier alpha value is -0.0400. The molecule has 0 aromatic heterocycles. The Labute approximate surface area is 70.8 Å². The van der Waals surface area contributed by atoms with E-state index in [9.17, 15) is 0 Å². The molecule has 0 aromatic rings. The van der Waals surface area contributed by atoms with Gasteiger partial charge in [0.1, 0.15) is 0 Å². The molecule has 11 heavy (non-hydrogen) atoms. The Kier molecular flexibility index (Phi) is 3.92. The van der Waals surface area contributed by atoms with Crippen LogP contribution in [0.1, 0.15) is 38.5 Å². The summed E-state index contributed by atoms with van der Waals surface area (Å²) >= 11 is 0. The first-order valence-electron chi connectivity index (χ1n) is 4.80. The SMILES string of the molecule is [CH2]N(C)CCC1CCCCC1. The maximum atomic E-state index is 3.86. The lowest BCUT2D eigenvalue weighted by Gasteiger charge is -2.22. The molecule has 1 fully saturated rings. The van der Waals surface area contributed by atoms with Crippen LogP contribution in [0.3, 0.4) is 0 Å². The molecule has 0 amide bonds. The Morgan fingerprint density at radius 2 is 1.91 bits per heavy atom. The van der Waals surface area contributed by atoms with Crippen molar-refractivity contribution < 1.29 is 0 Å². The minimum Gasteiger partial charge on any atom is -0.305 e. The molecule has 1 aliphatic carbocycles. The molecule has 65 valence electrons. The van der Waals surface area contributed by atoms with E-state index in [0.29, 0.717) is 0 Å². The number of hydrogen-bond acceptors (Lipinski definition) is 1. The summed E-state index contributed by atoms with van der Waals surface area (Å²) in [6.07, 6.45) is 8.69. The van der Waals surface area contributed by atoms with Crippen LogP contribution < -0.4 is 0 Å². The van der Waals surface area contributed by atoms with E-state index in [1.807, 2.05) is 0 Å². The van der Waals surface area contributed by atoms with Crippen molar-refractivity contribution in [3.8, 4) is 0 Å². The van der Waals surface area contributed by atoms with Crippen molar-refractivity contribution in [2.24, 2.45) is 5.92 Å². The summed E-state index contributed by atoms with van der Waals surface area (Å²) in [4.78, 5) is 2.05. The largest absolute Gasteiger partial charge is 0.305 e. The van der Waals surface area contributed by atoms with Gasteiger partial charge in [-0.2, -0.15) is 0 Å². The van der Waals surface area contributed by atoms with Gasteiger partial charge in [0.15, 0.2) is 0 Å². The van der Waals surface area contributed by atoms with Crippen molar-refractivity contribution in [1.29, 1.82) is 0 Å². The third kappa shape index (κ3) is 3.76. The van der Waals surface area contributed by atoms with E-state index in [1.54, 1.807) is 0 Å². The lowest BCUT2D eigenvalue weighted by Crippen LogP contribution is -2.16. The van der Waals surface area contributed by atoms with Gasteiger partial charge in [0.25, 0.3) is 0 Å². The van der Waals surface area contributed by atoms with E-state index in [4.69, 9.17) is 0 Å². The molecular weight excluding hydrogens is 134 g/mol. The van der Waals surface area contributed by atoms with Crippen LogP contribution in [0.5, 0.6) is 0 Å². The highest BCUT2D eigenvalue weighted by Crippen LogP contribution is 2.26. The van der Waals surface area contributed by atoms with E-state index >= 15 is 0 Å². The molecule has 1 rings (SSSR count). The van der Waals surface area contributed by atoms with Crippen LogP contribution in [0.15, 0.2) is 0 Å². The third-order valence-corrected chi connectivity index (χ3v) is 2.64. The van der Waals surface area contributed by atoms with Crippen LogP contribution in [-0.4, -0.2) is 18.5 Å². The van der Waals surface area contributed by atoms with Gasteiger partial charge in [-0.15, -0.1) is 0 Å². The maximum absolute atomic E-state index is 3.86. The van der Waals surface area contributed by atoms with E-state index in [0.717, 1.165) is 5.92 Å². The molecule has 0 atom stereocenters. The number of hydrogen-bond donors (Lipinski definition) is 0. The summed E-state index contributed by atoms with van der Waals surface area (Å²) in [6.45, 7) is 1.17. The summed E-state index contributed by atoms with van der Waals surface area (Å²) in [7, 11) is 5.91. The quantitative estimate of drug-likeness (QED) is 0.604. The Morgan fingerprint density at radius 1 is 1.27 bits per heavy atom. The van der Waals surface area contributed by atoms with Gasteiger partial charge in [0.05, 0.1) is 0 Å². The predicted octanol–water partition coefficient (Wildman–Crippen LogP) is 2.68. The summed E-state index contributed by atoms with van der Waals surface area (Å²) in [5.74, 6) is 1.01. The van der Waals surface area contributed by atoms with Crippen LogP contribution in [0, 0.1) is 13.0 Å².